The van der Waals surface area contributed by atoms with Gasteiger partial charge in [0.25, 0.3) is 0 Å². The van der Waals surface area contributed by atoms with Gasteiger partial charge in [-0.3, -0.25) is 0 Å². The number of pyridine rings is 1. The maximum absolute atomic E-state index is 2.39. The molecule has 4 aromatic rings. The number of nitrogens with zero attached hydrogens (tertiary/aromatic N) is 2. The van der Waals surface area contributed by atoms with Gasteiger partial charge in [0.15, 0.2) is 6.20 Å². The number of aryl methyl sites for hydroxylation is 3. The molecule has 2 heterocycles. The van der Waals surface area contributed by atoms with Crippen LogP contribution in [0.25, 0.3) is 28.0 Å². The topological polar surface area (TPSA) is 8.81 Å². The molecule has 0 radical (unpaired) electrons. The zero-order valence-corrected chi connectivity index (χ0v) is 15.0. The first-order valence-corrected chi connectivity index (χ1v) is 8.85. The number of hydrogen-bond acceptors (Lipinski definition) is 0. The van der Waals surface area contributed by atoms with Crippen molar-refractivity contribution >= 4 is 10.9 Å². The summed E-state index contributed by atoms with van der Waals surface area (Å²) >= 11 is 0. The lowest BCUT2D eigenvalue weighted by molar-refractivity contribution is -0.660. The molecule has 0 bridgehead atoms. The zero-order chi connectivity index (χ0) is 17.4. The van der Waals surface area contributed by atoms with Gasteiger partial charge in [0, 0.05) is 23.2 Å². The molecule has 0 N–H and O–H groups in total. The average molecular weight is 327 g/mol. The highest BCUT2D eigenvalue weighted by Gasteiger charge is 2.22. The molecule has 2 heteroatoms. The van der Waals surface area contributed by atoms with Crippen molar-refractivity contribution < 1.29 is 4.57 Å². The van der Waals surface area contributed by atoms with Crippen molar-refractivity contribution in [3.63, 3.8) is 0 Å². The van der Waals surface area contributed by atoms with Gasteiger partial charge in [-0.15, -0.1) is 0 Å². The monoisotopic (exact) mass is 327 g/mol. The van der Waals surface area contributed by atoms with Gasteiger partial charge in [-0.25, -0.2) is 0 Å². The van der Waals surface area contributed by atoms with Crippen molar-refractivity contribution in [3.8, 4) is 17.1 Å². The third-order valence-corrected chi connectivity index (χ3v) is 5.01. The summed E-state index contributed by atoms with van der Waals surface area (Å²) in [5, 5.41) is 1.31. The molecule has 2 nitrogen and oxygen atoms in total. The van der Waals surface area contributed by atoms with E-state index in [4.69, 9.17) is 0 Å². The number of fused-ring (bicyclic) bond motifs is 1. The van der Waals surface area contributed by atoms with Crippen LogP contribution >= 0.6 is 0 Å². The summed E-state index contributed by atoms with van der Waals surface area (Å²) in [6.07, 6.45) is 3.21. The lowest BCUT2D eigenvalue weighted by atomic mass is 10.1. The molecule has 2 aromatic heterocycles. The molecule has 0 aliphatic heterocycles. The number of hydrogen-bond donors (Lipinski definition) is 0. The Morgan fingerprint density at radius 2 is 1.64 bits per heavy atom. The Labute approximate surface area is 149 Å². The van der Waals surface area contributed by atoms with Gasteiger partial charge in [-0.2, -0.15) is 4.57 Å². The van der Waals surface area contributed by atoms with Crippen molar-refractivity contribution in [2.45, 2.75) is 20.3 Å². The largest absolute Gasteiger partial charge is 0.304 e. The van der Waals surface area contributed by atoms with Gasteiger partial charge >= 0.3 is 0 Å². The molecule has 0 unspecified atom stereocenters. The normalized spacial score (nSPS) is 11.2. The van der Waals surface area contributed by atoms with Crippen LogP contribution in [-0.4, -0.2) is 4.57 Å². The first-order valence-electron chi connectivity index (χ1n) is 8.85. The minimum Gasteiger partial charge on any atom is -0.304 e. The van der Waals surface area contributed by atoms with Gasteiger partial charge < -0.3 is 4.57 Å². The molecular formula is C23H23N2+. The average Bonchev–Trinajstić information content (AvgIpc) is 2.96. The van der Waals surface area contributed by atoms with Crippen molar-refractivity contribution in [2.75, 3.05) is 0 Å². The summed E-state index contributed by atoms with van der Waals surface area (Å²) in [5.74, 6) is 0. The van der Waals surface area contributed by atoms with E-state index >= 15 is 0 Å². The molecule has 0 spiro atoms. The minimum atomic E-state index is 1.04. The smallest absolute Gasteiger partial charge is 0.229 e. The standard InChI is InChI=1S/C23H23N2/c1-4-18-14-15-24(3)22(16-18)23-17(2)20-12-8-9-13-21(20)25(23)19-10-6-5-7-11-19/h5-16H,4H2,1-3H3/q+1. The summed E-state index contributed by atoms with van der Waals surface area (Å²) in [4.78, 5) is 0. The van der Waals surface area contributed by atoms with Crippen LogP contribution in [-0.2, 0) is 13.5 Å². The van der Waals surface area contributed by atoms with Crippen LogP contribution in [0.15, 0.2) is 72.9 Å². The van der Waals surface area contributed by atoms with E-state index in [-0.39, 0.29) is 0 Å². The fraction of sp³-hybridized carbons (Fsp3) is 0.174. The van der Waals surface area contributed by atoms with Crippen LogP contribution in [0.2, 0.25) is 0 Å². The molecule has 0 atom stereocenters. The van der Waals surface area contributed by atoms with Crippen molar-refractivity contribution in [1.82, 2.24) is 4.57 Å². The molecule has 4 rings (SSSR count). The third kappa shape index (κ3) is 2.54. The Morgan fingerprint density at radius 1 is 0.920 bits per heavy atom. The minimum absolute atomic E-state index is 1.04. The van der Waals surface area contributed by atoms with E-state index in [9.17, 15) is 0 Å². The predicted molar refractivity (Wildman–Crippen MR) is 104 cm³/mol. The Morgan fingerprint density at radius 3 is 2.40 bits per heavy atom. The molecule has 124 valence electrons. The number of aromatic nitrogens is 2. The summed E-state index contributed by atoms with van der Waals surface area (Å²) in [5.41, 5.74) is 7.65. The second-order valence-corrected chi connectivity index (χ2v) is 6.55. The Hall–Kier alpha value is -2.87. The molecular weight excluding hydrogens is 304 g/mol. The van der Waals surface area contributed by atoms with E-state index in [1.54, 1.807) is 0 Å². The second kappa shape index (κ2) is 6.21. The van der Waals surface area contributed by atoms with Gasteiger partial charge in [-0.1, -0.05) is 43.3 Å². The van der Waals surface area contributed by atoms with Gasteiger partial charge in [-0.05, 0) is 42.7 Å². The molecule has 0 amide bonds. The van der Waals surface area contributed by atoms with Crippen LogP contribution in [0.5, 0.6) is 0 Å². The summed E-state index contributed by atoms with van der Waals surface area (Å²) in [6, 6.07) is 23.8. The molecule has 0 aliphatic rings. The van der Waals surface area contributed by atoms with Crippen molar-refractivity contribution in [1.29, 1.82) is 0 Å². The number of benzene rings is 2. The molecule has 25 heavy (non-hydrogen) atoms. The maximum Gasteiger partial charge on any atom is 0.229 e. The zero-order valence-electron chi connectivity index (χ0n) is 15.0. The highest BCUT2D eigenvalue weighted by molar-refractivity contribution is 5.92. The lowest BCUT2D eigenvalue weighted by Crippen LogP contribution is -2.31. The molecule has 0 saturated carbocycles. The van der Waals surface area contributed by atoms with Crippen LogP contribution < -0.4 is 4.57 Å². The fourth-order valence-corrected chi connectivity index (χ4v) is 3.62. The molecule has 2 aromatic carbocycles. The summed E-state index contributed by atoms with van der Waals surface area (Å²) < 4.78 is 4.61. The predicted octanol–water partition coefficient (Wildman–Crippen LogP) is 4.99. The van der Waals surface area contributed by atoms with E-state index in [2.05, 4.69) is 103 Å². The first kappa shape index (κ1) is 15.6. The van der Waals surface area contributed by atoms with Crippen LogP contribution in [0.1, 0.15) is 18.1 Å². The highest BCUT2D eigenvalue weighted by Crippen LogP contribution is 2.34. The Balaban J connectivity index is 2.13. The van der Waals surface area contributed by atoms with Crippen LogP contribution in [0, 0.1) is 6.92 Å². The van der Waals surface area contributed by atoms with Crippen LogP contribution in [0.3, 0.4) is 0 Å². The van der Waals surface area contributed by atoms with E-state index in [1.165, 1.54) is 39.1 Å². The molecule has 0 fully saturated rings. The highest BCUT2D eigenvalue weighted by atomic mass is 15.0. The van der Waals surface area contributed by atoms with Gasteiger partial charge in [0.05, 0.1) is 5.52 Å². The van der Waals surface area contributed by atoms with Crippen molar-refractivity contribution in [3.05, 3.63) is 84.1 Å². The van der Waals surface area contributed by atoms with E-state index < -0.39 is 0 Å². The van der Waals surface area contributed by atoms with Crippen molar-refractivity contribution in [2.24, 2.45) is 7.05 Å². The quantitative estimate of drug-likeness (QED) is 0.469. The third-order valence-electron chi connectivity index (χ3n) is 5.01. The SMILES string of the molecule is CCc1cc[n+](C)c(-c2c(C)c3ccccc3n2-c2ccccc2)c1. The fourth-order valence-electron chi connectivity index (χ4n) is 3.62. The second-order valence-electron chi connectivity index (χ2n) is 6.55. The maximum atomic E-state index is 2.39. The Bertz CT molecular complexity index is 1040. The van der Waals surface area contributed by atoms with E-state index in [0.29, 0.717) is 0 Å². The summed E-state index contributed by atoms with van der Waals surface area (Å²) in [7, 11) is 2.13. The van der Waals surface area contributed by atoms with E-state index in [0.717, 1.165) is 6.42 Å². The lowest BCUT2D eigenvalue weighted by Gasteiger charge is -2.11. The van der Waals surface area contributed by atoms with Crippen LogP contribution in [0.4, 0.5) is 0 Å². The number of para-hydroxylation sites is 2. The van der Waals surface area contributed by atoms with Gasteiger partial charge in [0.1, 0.15) is 12.7 Å². The molecule has 0 aliphatic carbocycles. The summed E-state index contributed by atoms with van der Waals surface area (Å²) in [6.45, 7) is 4.44. The Kier molecular flexibility index (Phi) is 3.89. The first-order chi connectivity index (χ1) is 12.2. The van der Waals surface area contributed by atoms with Gasteiger partial charge in [0.2, 0.25) is 5.69 Å². The number of rotatable bonds is 3. The van der Waals surface area contributed by atoms with E-state index in [1.807, 2.05) is 0 Å². The molecule has 0 saturated heterocycles.